The van der Waals surface area contributed by atoms with Crippen LogP contribution >= 0.6 is 0 Å². The number of nitrogens with zero attached hydrogens (tertiary/aromatic N) is 1. The van der Waals surface area contributed by atoms with Crippen molar-refractivity contribution in [2.75, 3.05) is 13.1 Å². The summed E-state index contributed by atoms with van der Waals surface area (Å²) in [6, 6.07) is 10.4. The van der Waals surface area contributed by atoms with Crippen molar-refractivity contribution < 1.29 is 4.79 Å². The lowest BCUT2D eigenvalue weighted by atomic mass is 9.94. The molecular formula is C15H22N2O. The molecule has 18 heavy (non-hydrogen) atoms. The van der Waals surface area contributed by atoms with Gasteiger partial charge in [0.25, 0.3) is 0 Å². The van der Waals surface area contributed by atoms with Crippen molar-refractivity contribution in [2.45, 2.75) is 38.8 Å². The predicted molar refractivity (Wildman–Crippen MR) is 73.3 cm³/mol. The molecule has 1 aromatic rings. The highest BCUT2D eigenvalue weighted by Gasteiger charge is 2.36. The minimum absolute atomic E-state index is 0.101. The number of rotatable bonds is 2. The molecule has 0 bridgehead atoms. The molecule has 1 fully saturated rings. The molecule has 1 heterocycles. The Labute approximate surface area is 109 Å². The van der Waals surface area contributed by atoms with Gasteiger partial charge in [-0.25, -0.2) is 0 Å². The van der Waals surface area contributed by atoms with Gasteiger partial charge < -0.3 is 10.2 Å². The molecule has 1 aliphatic heterocycles. The number of carbonyl (C=O) groups excluding carboxylic acids is 1. The number of hydrogen-bond acceptors (Lipinski definition) is 2. The van der Waals surface area contributed by atoms with Crippen LogP contribution in [0.15, 0.2) is 30.3 Å². The maximum Gasteiger partial charge on any atom is 0.237 e. The van der Waals surface area contributed by atoms with Gasteiger partial charge in [-0.3, -0.25) is 4.79 Å². The van der Waals surface area contributed by atoms with Crippen molar-refractivity contribution in [3.8, 4) is 0 Å². The molecule has 1 unspecified atom stereocenters. The lowest BCUT2D eigenvalue weighted by molar-refractivity contribution is -0.137. The number of benzene rings is 1. The fraction of sp³-hybridized carbons (Fsp3) is 0.533. The zero-order valence-electron chi connectivity index (χ0n) is 11.4. The summed E-state index contributed by atoms with van der Waals surface area (Å²) < 4.78 is 0. The fourth-order valence-electron chi connectivity index (χ4n) is 2.75. The molecule has 0 saturated carbocycles. The Morgan fingerprint density at radius 3 is 2.61 bits per heavy atom. The molecule has 0 aromatic heterocycles. The summed E-state index contributed by atoms with van der Waals surface area (Å²) in [5.41, 5.74) is 1.09. The molecule has 98 valence electrons. The Balaban J connectivity index is 2.30. The second kappa shape index (κ2) is 5.11. The van der Waals surface area contributed by atoms with Crippen LogP contribution in [0.25, 0.3) is 0 Å². The van der Waals surface area contributed by atoms with Gasteiger partial charge in [-0.15, -0.1) is 0 Å². The van der Waals surface area contributed by atoms with Gasteiger partial charge >= 0.3 is 0 Å². The largest absolute Gasteiger partial charge is 0.330 e. The molecule has 0 aliphatic carbocycles. The van der Waals surface area contributed by atoms with E-state index in [1.54, 1.807) is 0 Å². The normalized spacial score (nSPS) is 21.5. The van der Waals surface area contributed by atoms with Crippen LogP contribution in [-0.2, 0) is 4.79 Å². The fourth-order valence-corrected chi connectivity index (χ4v) is 2.75. The Hall–Kier alpha value is -1.35. The first-order chi connectivity index (χ1) is 8.52. The van der Waals surface area contributed by atoms with Gasteiger partial charge in [-0.1, -0.05) is 30.3 Å². The van der Waals surface area contributed by atoms with E-state index in [2.05, 4.69) is 38.2 Å². The van der Waals surface area contributed by atoms with E-state index in [1.165, 1.54) is 5.56 Å². The van der Waals surface area contributed by atoms with Crippen molar-refractivity contribution in [1.29, 1.82) is 0 Å². The topological polar surface area (TPSA) is 32.3 Å². The molecule has 1 saturated heterocycles. The van der Waals surface area contributed by atoms with Crippen LogP contribution in [0.1, 0.15) is 38.8 Å². The van der Waals surface area contributed by atoms with Crippen molar-refractivity contribution >= 4 is 5.91 Å². The van der Waals surface area contributed by atoms with Gasteiger partial charge in [0.2, 0.25) is 5.91 Å². The van der Waals surface area contributed by atoms with E-state index in [0.717, 1.165) is 13.0 Å². The molecule has 0 spiro atoms. The molecule has 3 heteroatoms. The summed E-state index contributed by atoms with van der Waals surface area (Å²) >= 11 is 0. The van der Waals surface area contributed by atoms with E-state index in [4.69, 9.17) is 0 Å². The second-order valence-corrected chi connectivity index (χ2v) is 5.59. The minimum Gasteiger partial charge on any atom is -0.330 e. The van der Waals surface area contributed by atoms with Gasteiger partial charge in [0.15, 0.2) is 0 Å². The molecule has 2 rings (SSSR count). The highest BCUT2D eigenvalue weighted by Crippen LogP contribution is 2.31. The number of hydrogen-bond donors (Lipinski definition) is 1. The number of amides is 1. The van der Waals surface area contributed by atoms with E-state index >= 15 is 0 Å². The van der Waals surface area contributed by atoms with Gasteiger partial charge in [0, 0.05) is 5.54 Å². The Morgan fingerprint density at radius 2 is 1.94 bits per heavy atom. The van der Waals surface area contributed by atoms with Crippen molar-refractivity contribution in [3.63, 3.8) is 0 Å². The monoisotopic (exact) mass is 246 g/mol. The summed E-state index contributed by atoms with van der Waals surface area (Å²) in [5.74, 6) is 0.189. The van der Waals surface area contributed by atoms with E-state index in [1.807, 2.05) is 23.1 Å². The first-order valence-corrected chi connectivity index (χ1v) is 6.60. The SMILES string of the molecule is CC(c1ccccc1)N1C(=O)CNCCC1(C)C. The molecular weight excluding hydrogens is 224 g/mol. The predicted octanol–water partition coefficient (Wildman–Crippen LogP) is 2.35. The molecule has 1 aliphatic rings. The van der Waals surface area contributed by atoms with Crippen molar-refractivity contribution in [1.82, 2.24) is 10.2 Å². The van der Waals surface area contributed by atoms with Crippen LogP contribution in [0.4, 0.5) is 0 Å². The lowest BCUT2D eigenvalue weighted by Crippen LogP contribution is -2.49. The number of carbonyl (C=O) groups is 1. The highest BCUT2D eigenvalue weighted by molar-refractivity contribution is 5.79. The van der Waals surface area contributed by atoms with Gasteiger partial charge in [0.05, 0.1) is 12.6 Å². The maximum atomic E-state index is 12.3. The quantitative estimate of drug-likeness (QED) is 0.868. The van der Waals surface area contributed by atoms with E-state index < -0.39 is 0 Å². The molecule has 1 amide bonds. The molecule has 0 radical (unpaired) electrons. The summed E-state index contributed by atoms with van der Waals surface area (Å²) in [7, 11) is 0. The summed E-state index contributed by atoms with van der Waals surface area (Å²) in [5, 5.41) is 3.20. The van der Waals surface area contributed by atoms with E-state index in [9.17, 15) is 4.79 Å². The smallest absolute Gasteiger partial charge is 0.237 e. The first-order valence-electron chi connectivity index (χ1n) is 6.60. The minimum atomic E-state index is -0.101. The molecule has 1 N–H and O–H groups in total. The molecule has 3 nitrogen and oxygen atoms in total. The van der Waals surface area contributed by atoms with Crippen LogP contribution in [0.3, 0.4) is 0 Å². The third kappa shape index (κ3) is 2.56. The van der Waals surface area contributed by atoms with Crippen LogP contribution in [0.5, 0.6) is 0 Å². The second-order valence-electron chi connectivity index (χ2n) is 5.59. The third-order valence-corrected chi connectivity index (χ3v) is 3.78. The van der Waals surface area contributed by atoms with Crippen molar-refractivity contribution in [2.24, 2.45) is 0 Å². The highest BCUT2D eigenvalue weighted by atomic mass is 16.2. The van der Waals surface area contributed by atoms with Crippen LogP contribution in [0, 0.1) is 0 Å². The van der Waals surface area contributed by atoms with Gasteiger partial charge in [-0.2, -0.15) is 0 Å². The van der Waals surface area contributed by atoms with Crippen LogP contribution in [0.2, 0.25) is 0 Å². The zero-order valence-corrected chi connectivity index (χ0v) is 11.4. The number of nitrogens with one attached hydrogen (secondary N) is 1. The van der Waals surface area contributed by atoms with E-state index in [0.29, 0.717) is 6.54 Å². The van der Waals surface area contributed by atoms with Gasteiger partial charge in [-0.05, 0) is 39.3 Å². The lowest BCUT2D eigenvalue weighted by Gasteiger charge is -2.41. The Kier molecular flexibility index (Phi) is 3.71. The summed E-state index contributed by atoms with van der Waals surface area (Å²) in [4.78, 5) is 14.3. The Bertz CT molecular complexity index is 414. The Morgan fingerprint density at radius 1 is 1.28 bits per heavy atom. The summed E-state index contributed by atoms with van der Waals surface area (Å²) in [6.07, 6.45) is 0.982. The average Bonchev–Trinajstić information content (AvgIpc) is 2.48. The third-order valence-electron chi connectivity index (χ3n) is 3.78. The molecule has 1 atom stereocenters. The maximum absolute atomic E-state index is 12.3. The van der Waals surface area contributed by atoms with Crippen LogP contribution in [-0.4, -0.2) is 29.4 Å². The van der Waals surface area contributed by atoms with Gasteiger partial charge in [0.1, 0.15) is 0 Å². The van der Waals surface area contributed by atoms with E-state index in [-0.39, 0.29) is 17.5 Å². The summed E-state index contributed by atoms with van der Waals surface area (Å²) in [6.45, 7) is 7.76. The first kappa shape index (κ1) is 13.1. The zero-order chi connectivity index (χ0) is 13.2. The standard InChI is InChI=1S/C15H22N2O/c1-12(13-7-5-4-6-8-13)17-14(18)11-16-10-9-15(17,2)3/h4-8,12,16H,9-11H2,1-3H3. The molecule has 1 aromatic carbocycles. The van der Waals surface area contributed by atoms with Crippen LogP contribution < -0.4 is 5.32 Å². The van der Waals surface area contributed by atoms with Crippen molar-refractivity contribution in [3.05, 3.63) is 35.9 Å². The average molecular weight is 246 g/mol.